The summed E-state index contributed by atoms with van der Waals surface area (Å²) in [6.07, 6.45) is -1.01. The monoisotopic (exact) mass is 372 g/mol. The Morgan fingerprint density at radius 1 is 1.40 bits per heavy atom. The molecule has 0 radical (unpaired) electrons. The number of nitrogen functional groups attached to an aromatic ring is 1. The van der Waals surface area contributed by atoms with Crippen LogP contribution in [0.15, 0.2) is 29.6 Å². The molecule has 0 aliphatic carbocycles. The number of ether oxygens (including phenoxy) is 1. The van der Waals surface area contributed by atoms with Gasteiger partial charge in [-0.05, 0) is 36.6 Å². The number of nitrogens with two attached hydrogens (primary N) is 1. The lowest BCUT2D eigenvalue weighted by molar-refractivity contribution is -0.123. The minimum atomic E-state index is -1.01. The highest BCUT2D eigenvalue weighted by molar-refractivity contribution is 7.22. The second kappa shape index (κ2) is 6.88. The van der Waals surface area contributed by atoms with Crippen molar-refractivity contribution in [2.75, 3.05) is 11.1 Å². The van der Waals surface area contributed by atoms with Gasteiger partial charge in [0, 0.05) is 0 Å². The summed E-state index contributed by atoms with van der Waals surface area (Å²) >= 11 is 2.49. The number of benzene rings is 1. The average Bonchev–Trinajstić information content (AvgIpc) is 3.18. The number of anilines is 2. The van der Waals surface area contributed by atoms with E-state index in [0.717, 1.165) is 4.70 Å². The van der Waals surface area contributed by atoms with Crippen LogP contribution >= 0.6 is 22.7 Å². The molecule has 0 bridgehead atoms. The number of hydrogen-bond acceptors (Lipinski definition) is 8. The molecule has 3 rings (SSSR count). The standard InChI is InChI=1S/C16H12N4O3S2/c1-8(13(21)20-14-10(7-17)4-5-24-14)23-15(22)9-2-3-11-12(6-9)25-16(18)19-11/h2-6,8H,1H3,(H2,18,19)(H,20,21). The maximum Gasteiger partial charge on any atom is 0.338 e. The van der Waals surface area contributed by atoms with Gasteiger partial charge in [-0.1, -0.05) is 11.3 Å². The van der Waals surface area contributed by atoms with Gasteiger partial charge in [0.1, 0.15) is 11.1 Å². The molecular weight excluding hydrogens is 360 g/mol. The van der Waals surface area contributed by atoms with E-state index in [1.807, 2.05) is 6.07 Å². The first-order valence-corrected chi connectivity index (χ1v) is 8.83. The Bertz CT molecular complexity index is 1000. The number of nitrogens with one attached hydrogen (secondary N) is 1. The van der Waals surface area contributed by atoms with Crippen LogP contribution in [0.3, 0.4) is 0 Å². The first-order chi connectivity index (χ1) is 12.0. The summed E-state index contributed by atoms with van der Waals surface area (Å²) in [6.45, 7) is 1.47. The number of amides is 1. The van der Waals surface area contributed by atoms with Crippen molar-refractivity contribution in [1.29, 1.82) is 5.26 Å². The summed E-state index contributed by atoms with van der Waals surface area (Å²) < 4.78 is 5.97. The number of hydrogen-bond donors (Lipinski definition) is 2. The van der Waals surface area contributed by atoms with Crippen molar-refractivity contribution in [2.24, 2.45) is 0 Å². The largest absolute Gasteiger partial charge is 0.449 e. The number of nitriles is 1. The van der Waals surface area contributed by atoms with E-state index < -0.39 is 18.0 Å². The van der Waals surface area contributed by atoms with E-state index in [2.05, 4.69) is 10.3 Å². The van der Waals surface area contributed by atoms with Gasteiger partial charge in [0.2, 0.25) is 0 Å². The number of esters is 1. The van der Waals surface area contributed by atoms with Crippen LogP contribution in [0.2, 0.25) is 0 Å². The van der Waals surface area contributed by atoms with Crippen molar-refractivity contribution >= 4 is 54.9 Å². The van der Waals surface area contributed by atoms with Crippen molar-refractivity contribution in [3.63, 3.8) is 0 Å². The summed E-state index contributed by atoms with van der Waals surface area (Å²) in [5, 5.41) is 14.1. The van der Waals surface area contributed by atoms with E-state index in [1.54, 1.807) is 29.6 Å². The van der Waals surface area contributed by atoms with Crippen LogP contribution in [0.5, 0.6) is 0 Å². The first-order valence-electron chi connectivity index (χ1n) is 7.13. The quantitative estimate of drug-likeness (QED) is 0.680. The van der Waals surface area contributed by atoms with Crippen LogP contribution in [-0.2, 0) is 9.53 Å². The Labute approximate surface area is 150 Å². The van der Waals surface area contributed by atoms with Gasteiger partial charge in [-0.15, -0.1) is 11.3 Å². The number of nitrogens with zero attached hydrogens (tertiary/aromatic N) is 2. The number of carbonyl (C=O) groups is 2. The molecule has 0 aliphatic heterocycles. The van der Waals surface area contributed by atoms with Crippen LogP contribution in [0.25, 0.3) is 10.2 Å². The summed E-state index contributed by atoms with van der Waals surface area (Å²) in [5.74, 6) is -1.13. The molecule has 0 spiro atoms. The molecule has 3 N–H and O–H groups in total. The summed E-state index contributed by atoms with van der Waals surface area (Å²) in [7, 11) is 0. The Morgan fingerprint density at radius 3 is 2.96 bits per heavy atom. The second-order valence-electron chi connectivity index (χ2n) is 5.05. The zero-order valence-corrected chi connectivity index (χ0v) is 14.6. The second-order valence-corrected chi connectivity index (χ2v) is 7.02. The molecule has 1 unspecified atom stereocenters. The minimum Gasteiger partial charge on any atom is -0.449 e. The van der Waals surface area contributed by atoms with E-state index in [9.17, 15) is 9.59 Å². The van der Waals surface area contributed by atoms with Crippen LogP contribution in [0.1, 0.15) is 22.8 Å². The minimum absolute atomic E-state index is 0.310. The SMILES string of the molecule is CC(OC(=O)c1ccc2nc(N)sc2c1)C(=O)Nc1sccc1C#N. The lowest BCUT2D eigenvalue weighted by atomic mass is 10.2. The van der Waals surface area contributed by atoms with E-state index in [-0.39, 0.29) is 0 Å². The molecule has 1 atom stereocenters. The highest BCUT2D eigenvalue weighted by Crippen LogP contribution is 2.25. The predicted molar refractivity (Wildman–Crippen MR) is 96.6 cm³/mol. The fourth-order valence-corrected chi connectivity index (χ4v) is 3.57. The lowest BCUT2D eigenvalue weighted by Gasteiger charge is -2.13. The molecule has 126 valence electrons. The predicted octanol–water partition coefficient (Wildman–Crippen LogP) is 3.00. The number of thiazole rings is 1. The van der Waals surface area contributed by atoms with Gasteiger partial charge >= 0.3 is 5.97 Å². The zero-order chi connectivity index (χ0) is 18.0. The molecule has 0 fully saturated rings. The third kappa shape index (κ3) is 3.60. The maximum absolute atomic E-state index is 12.2. The molecule has 2 heterocycles. The van der Waals surface area contributed by atoms with Crippen LogP contribution in [0, 0.1) is 11.3 Å². The smallest absolute Gasteiger partial charge is 0.338 e. The number of aromatic nitrogens is 1. The summed E-state index contributed by atoms with van der Waals surface area (Å²) in [4.78, 5) is 28.5. The number of rotatable bonds is 4. The molecule has 9 heteroatoms. The third-order valence-corrected chi connectivity index (χ3v) is 4.99. The van der Waals surface area contributed by atoms with Gasteiger partial charge in [-0.25, -0.2) is 9.78 Å². The highest BCUT2D eigenvalue weighted by atomic mass is 32.1. The third-order valence-electron chi connectivity index (χ3n) is 3.32. The van der Waals surface area contributed by atoms with Crippen molar-refractivity contribution < 1.29 is 14.3 Å². The van der Waals surface area contributed by atoms with Gasteiger partial charge in [0.05, 0.1) is 21.3 Å². The molecule has 0 aliphatic rings. The fraction of sp³-hybridized carbons (Fsp3) is 0.125. The number of fused-ring (bicyclic) bond motifs is 1. The van der Waals surface area contributed by atoms with E-state index in [1.165, 1.54) is 29.6 Å². The van der Waals surface area contributed by atoms with E-state index >= 15 is 0 Å². The Morgan fingerprint density at radius 2 is 2.20 bits per heavy atom. The Kier molecular flexibility index (Phi) is 4.65. The Balaban J connectivity index is 1.68. The molecular formula is C16H12N4O3S2. The Hall–Kier alpha value is -2.96. The van der Waals surface area contributed by atoms with Crippen LogP contribution in [0.4, 0.5) is 10.1 Å². The van der Waals surface area contributed by atoms with Gasteiger partial charge in [-0.2, -0.15) is 5.26 Å². The molecule has 0 saturated heterocycles. The van der Waals surface area contributed by atoms with Crippen molar-refractivity contribution in [3.8, 4) is 6.07 Å². The highest BCUT2D eigenvalue weighted by Gasteiger charge is 2.21. The average molecular weight is 372 g/mol. The molecule has 0 saturated carbocycles. The van der Waals surface area contributed by atoms with E-state index in [4.69, 9.17) is 15.7 Å². The zero-order valence-electron chi connectivity index (χ0n) is 13.0. The topological polar surface area (TPSA) is 118 Å². The van der Waals surface area contributed by atoms with Gasteiger partial charge in [0.25, 0.3) is 5.91 Å². The van der Waals surface area contributed by atoms with Gasteiger partial charge in [0.15, 0.2) is 11.2 Å². The van der Waals surface area contributed by atoms with Crippen molar-refractivity contribution in [3.05, 3.63) is 40.8 Å². The molecule has 1 aromatic carbocycles. The first kappa shape index (κ1) is 16.9. The summed E-state index contributed by atoms with van der Waals surface area (Å²) in [6, 6.07) is 8.46. The van der Waals surface area contributed by atoms with E-state index in [0.29, 0.717) is 26.8 Å². The number of carbonyl (C=O) groups excluding carboxylic acids is 2. The van der Waals surface area contributed by atoms with Crippen molar-refractivity contribution in [2.45, 2.75) is 13.0 Å². The molecule has 7 nitrogen and oxygen atoms in total. The molecule has 1 amide bonds. The fourth-order valence-electron chi connectivity index (χ4n) is 2.06. The molecule has 3 aromatic rings. The van der Waals surface area contributed by atoms with Crippen LogP contribution < -0.4 is 11.1 Å². The van der Waals surface area contributed by atoms with Gasteiger partial charge < -0.3 is 15.8 Å². The number of thiophene rings is 1. The molecule has 2 aromatic heterocycles. The van der Waals surface area contributed by atoms with Gasteiger partial charge in [-0.3, -0.25) is 4.79 Å². The lowest BCUT2D eigenvalue weighted by Crippen LogP contribution is -2.29. The maximum atomic E-state index is 12.2. The molecule has 25 heavy (non-hydrogen) atoms. The van der Waals surface area contributed by atoms with Crippen LogP contribution in [-0.4, -0.2) is 23.0 Å². The van der Waals surface area contributed by atoms with Crippen molar-refractivity contribution in [1.82, 2.24) is 4.98 Å². The summed E-state index contributed by atoms with van der Waals surface area (Å²) in [5.41, 5.74) is 7.02. The normalized spacial score (nSPS) is 11.7.